The van der Waals surface area contributed by atoms with E-state index in [1.165, 1.54) is 0 Å². The SMILES string of the molecule is O=S(CCCC(F)(F)F)CCCC(F)(F)F. The Labute approximate surface area is 91.7 Å². The molecule has 0 aliphatic rings. The lowest BCUT2D eigenvalue weighted by Gasteiger charge is -2.07. The molecule has 1 nitrogen and oxygen atoms in total. The highest BCUT2D eigenvalue weighted by Crippen LogP contribution is 2.22. The zero-order valence-electron chi connectivity index (χ0n) is 8.33. The van der Waals surface area contributed by atoms with E-state index in [-0.39, 0.29) is 24.3 Å². The zero-order valence-corrected chi connectivity index (χ0v) is 9.14. The summed E-state index contributed by atoms with van der Waals surface area (Å²) in [5.41, 5.74) is 0. The van der Waals surface area contributed by atoms with Gasteiger partial charge in [0.25, 0.3) is 0 Å². The second kappa shape index (κ2) is 6.46. The first-order valence-corrected chi connectivity index (χ1v) is 6.07. The average Bonchev–Trinajstić information content (AvgIpc) is 1.98. The van der Waals surface area contributed by atoms with Crippen molar-refractivity contribution in [3.63, 3.8) is 0 Å². The molecule has 0 saturated heterocycles. The summed E-state index contributed by atoms with van der Waals surface area (Å²) < 4.78 is 81.0. The smallest absolute Gasteiger partial charge is 0.260 e. The molecule has 0 atom stereocenters. The summed E-state index contributed by atoms with van der Waals surface area (Å²) in [6.45, 7) is 0. The second-order valence-electron chi connectivity index (χ2n) is 3.29. The van der Waals surface area contributed by atoms with Crippen molar-refractivity contribution >= 4 is 10.8 Å². The molecule has 98 valence electrons. The van der Waals surface area contributed by atoms with Crippen LogP contribution in [0.5, 0.6) is 0 Å². The van der Waals surface area contributed by atoms with E-state index in [1.54, 1.807) is 0 Å². The van der Waals surface area contributed by atoms with Crippen LogP contribution in [0.15, 0.2) is 0 Å². The lowest BCUT2D eigenvalue weighted by atomic mass is 10.3. The van der Waals surface area contributed by atoms with Gasteiger partial charge in [-0.1, -0.05) is 0 Å². The monoisotopic (exact) mass is 270 g/mol. The third-order valence-electron chi connectivity index (χ3n) is 1.66. The largest absolute Gasteiger partial charge is 0.389 e. The fourth-order valence-electron chi connectivity index (χ4n) is 0.969. The fraction of sp³-hybridized carbons (Fsp3) is 1.00. The summed E-state index contributed by atoms with van der Waals surface area (Å²) >= 11 is 0. The molecular weight excluding hydrogens is 258 g/mol. The van der Waals surface area contributed by atoms with Crippen molar-refractivity contribution in [1.82, 2.24) is 0 Å². The molecule has 0 amide bonds. The first kappa shape index (κ1) is 15.7. The maximum absolute atomic E-state index is 11.7. The van der Waals surface area contributed by atoms with Gasteiger partial charge in [0.05, 0.1) is 0 Å². The Bertz CT molecular complexity index is 200. The summed E-state index contributed by atoms with van der Waals surface area (Å²) in [7, 11) is -1.59. The Balaban J connectivity index is 3.53. The number of hydrogen-bond acceptors (Lipinski definition) is 1. The Kier molecular flexibility index (Phi) is 6.35. The highest BCUT2D eigenvalue weighted by Gasteiger charge is 2.27. The molecule has 0 bridgehead atoms. The maximum atomic E-state index is 11.7. The van der Waals surface area contributed by atoms with Crippen LogP contribution in [0.3, 0.4) is 0 Å². The average molecular weight is 270 g/mol. The van der Waals surface area contributed by atoms with Crippen LogP contribution in [0, 0.1) is 0 Å². The van der Waals surface area contributed by atoms with E-state index in [0.29, 0.717) is 0 Å². The fourth-order valence-corrected chi connectivity index (χ4v) is 2.11. The van der Waals surface area contributed by atoms with Gasteiger partial charge in [-0.05, 0) is 12.8 Å². The van der Waals surface area contributed by atoms with Gasteiger partial charge in [0.1, 0.15) is 0 Å². The van der Waals surface area contributed by atoms with E-state index >= 15 is 0 Å². The van der Waals surface area contributed by atoms with Gasteiger partial charge in [0.2, 0.25) is 0 Å². The summed E-state index contributed by atoms with van der Waals surface area (Å²) in [6.07, 6.45) is -11.3. The maximum Gasteiger partial charge on any atom is 0.389 e. The van der Waals surface area contributed by atoms with Crippen molar-refractivity contribution < 1.29 is 30.6 Å². The molecule has 0 aromatic heterocycles. The first-order chi connectivity index (χ1) is 7.10. The van der Waals surface area contributed by atoms with E-state index in [4.69, 9.17) is 0 Å². The van der Waals surface area contributed by atoms with Crippen LogP contribution in [0.1, 0.15) is 25.7 Å². The predicted octanol–water partition coefficient (Wildman–Crippen LogP) is 3.42. The van der Waals surface area contributed by atoms with E-state index < -0.39 is 36.0 Å². The summed E-state index contributed by atoms with van der Waals surface area (Å²) in [5.74, 6) is -0.394. The van der Waals surface area contributed by atoms with E-state index in [0.717, 1.165) is 0 Å². The molecule has 0 rings (SSSR count). The van der Waals surface area contributed by atoms with Gasteiger partial charge in [-0.3, -0.25) is 4.21 Å². The third kappa shape index (κ3) is 11.8. The molecule has 0 radical (unpaired) electrons. The Morgan fingerprint density at radius 2 is 1.06 bits per heavy atom. The van der Waals surface area contributed by atoms with Crippen molar-refractivity contribution in [3.8, 4) is 0 Å². The van der Waals surface area contributed by atoms with Crippen molar-refractivity contribution in [1.29, 1.82) is 0 Å². The molecule has 0 aromatic rings. The van der Waals surface area contributed by atoms with Gasteiger partial charge < -0.3 is 0 Å². The van der Waals surface area contributed by atoms with Crippen LogP contribution < -0.4 is 0 Å². The predicted molar refractivity (Wildman–Crippen MR) is 48.5 cm³/mol. The Morgan fingerprint density at radius 1 is 0.750 bits per heavy atom. The third-order valence-corrected chi connectivity index (χ3v) is 3.15. The molecular formula is C8H12F6OS. The van der Waals surface area contributed by atoms with Crippen LogP contribution >= 0.6 is 0 Å². The van der Waals surface area contributed by atoms with E-state index in [2.05, 4.69) is 0 Å². The first-order valence-electron chi connectivity index (χ1n) is 4.59. The minimum absolute atomic E-state index is 0.197. The quantitative estimate of drug-likeness (QED) is 0.676. The lowest BCUT2D eigenvalue weighted by molar-refractivity contribution is -0.135. The van der Waals surface area contributed by atoms with Gasteiger partial charge in [-0.15, -0.1) is 0 Å². The number of alkyl halides is 6. The van der Waals surface area contributed by atoms with E-state index in [1.807, 2.05) is 0 Å². The number of halogens is 6. The van der Waals surface area contributed by atoms with Crippen LogP contribution in [-0.4, -0.2) is 28.1 Å². The molecule has 0 heterocycles. The normalized spacial score (nSPS) is 13.4. The van der Waals surface area contributed by atoms with Gasteiger partial charge in [-0.25, -0.2) is 0 Å². The molecule has 0 aromatic carbocycles. The Hall–Kier alpha value is -0.270. The molecule has 0 fully saturated rings. The molecule has 0 aliphatic heterocycles. The molecule has 16 heavy (non-hydrogen) atoms. The van der Waals surface area contributed by atoms with Crippen LogP contribution in [0.25, 0.3) is 0 Å². The second-order valence-corrected chi connectivity index (χ2v) is 4.98. The molecule has 8 heteroatoms. The topological polar surface area (TPSA) is 17.1 Å². The van der Waals surface area contributed by atoms with Crippen molar-refractivity contribution in [2.45, 2.75) is 38.0 Å². The highest BCUT2D eigenvalue weighted by atomic mass is 32.2. The molecule has 0 aliphatic carbocycles. The standard InChI is InChI=1S/C8H12F6OS/c9-7(10,11)3-1-5-16(15)6-2-4-8(12,13)14/h1-6H2. The van der Waals surface area contributed by atoms with Gasteiger partial charge in [-0.2, -0.15) is 26.3 Å². The minimum Gasteiger partial charge on any atom is -0.260 e. The molecule has 0 unspecified atom stereocenters. The van der Waals surface area contributed by atoms with Crippen molar-refractivity contribution in [2.75, 3.05) is 11.5 Å². The van der Waals surface area contributed by atoms with Gasteiger partial charge >= 0.3 is 12.4 Å². The number of hydrogen-bond donors (Lipinski definition) is 0. The van der Waals surface area contributed by atoms with Crippen LogP contribution in [0.2, 0.25) is 0 Å². The molecule has 0 spiro atoms. The minimum atomic E-state index is -4.30. The van der Waals surface area contributed by atoms with Gasteiger partial charge in [0.15, 0.2) is 0 Å². The highest BCUT2D eigenvalue weighted by molar-refractivity contribution is 7.84. The molecule has 0 N–H and O–H groups in total. The summed E-state index contributed by atoms with van der Waals surface area (Å²) in [4.78, 5) is 0. The summed E-state index contributed by atoms with van der Waals surface area (Å²) in [5, 5.41) is 0. The van der Waals surface area contributed by atoms with Crippen LogP contribution in [0.4, 0.5) is 26.3 Å². The molecule has 0 saturated carbocycles. The van der Waals surface area contributed by atoms with Gasteiger partial charge in [0, 0.05) is 35.1 Å². The summed E-state index contributed by atoms with van der Waals surface area (Å²) in [6, 6.07) is 0. The lowest BCUT2D eigenvalue weighted by Crippen LogP contribution is -2.13. The number of rotatable bonds is 6. The Morgan fingerprint density at radius 3 is 1.31 bits per heavy atom. The van der Waals surface area contributed by atoms with Crippen LogP contribution in [-0.2, 0) is 10.8 Å². The van der Waals surface area contributed by atoms with Crippen molar-refractivity contribution in [3.05, 3.63) is 0 Å². The zero-order chi connectivity index (χ0) is 12.8. The van der Waals surface area contributed by atoms with Crippen molar-refractivity contribution in [2.24, 2.45) is 0 Å². The van der Waals surface area contributed by atoms with E-state index in [9.17, 15) is 30.6 Å².